The standard InChI is InChI=1S/C12H12/c1-10-6-5-9-12(10)11-7-3-2-4-8-11/h2-4,6-9H,5H2,1H3. The molecule has 0 aliphatic heterocycles. The molecule has 0 unspecified atom stereocenters. The smallest absolute Gasteiger partial charge is 0.0154 e. The van der Waals surface area contributed by atoms with Crippen molar-refractivity contribution < 1.29 is 0 Å². The summed E-state index contributed by atoms with van der Waals surface area (Å²) in [5.74, 6) is 0. The Hall–Kier alpha value is -1.30. The molecule has 1 aliphatic rings. The van der Waals surface area contributed by atoms with Gasteiger partial charge in [-0.2, -0.15) is 0 Å². The van der Waals surface area contributed by atoms with Crippen molar-refractivity contribution in [2.45, 2.75) is 13.3 Å². The Kier molecular flexibility index (Phi) is 1.83. The first-order chi connectivity index (χ1) is 5.88. The molecule has 1 aliphatic carbocycles. The second kappa shape index (κ2) is 2.98. The molecule has 2 rings (SSSR count). The van der Waals surface area contributed by atoms with E-state index in [1.54, 1.807) is 0 Å². The van der Waals surface area contributed by atoms with Crippen LogP contribution in [0.1, 0.15) is 18.9 Å². The maximum atomic E-state index is 2.28. The van der Waals surface area contributed by atoms with Gasteiger partial charge in [0.15, 0.2) is 0 Å². The monoisotopic (exact) mass is 156 g/mol. The number of hydrogen-bond donors (Lipinski definition) is 0. The van der Waals surface area contributed by atoms with E-state index in [4.69, 9.17) is 0 Å². The minimum Gasteiger partial charge on any atom is -0.0772 e. The van der Waals surface area contributed by atoms with Crippen molar-refractivity contribution in [3.63, 3.8) is 0 Å². The second-order valence-corrected chi connectivity index (χ2v) is 3.11. The predicted octanol–water partition coefficient (Wildman–Crippen LogP) is 3.42. The van der Waals surface area contributed by atoms with Crippen LogP contribution >= 0.6 is 0 Å². The minimum atomic E-state index is 1.09. The zero-order chi connectivity index (χ0) is 8.39. The van der Waals surface area contributed by atoms with Crippen molar-refractivity contribution >= 4 is 5.57 Å². The van der Waals surface area contributed by atoms with Gasteiger partial charge in [0.05, 0.1) is 0 Å². The zero-order valence-corrected chi connectivity index (χ0v) is 7.25. The van der Waals surface area contributed by atoms with Crippen LogP contribution < -0.4 is 0 Å². The first kappa shape index (κ1) is 7.35. The van der Waals surface area contributed by atoms with Crippen molar-refractivity contribution in [2.75, 3.05) is 0 Å². The lowest BCUT2D eigenvalue weighted by molar-refractivity contribution is 1.42. The average Bonchev–Trinajstić information content (AvgIpc) is 2.53. The van der Waals surface area contributed by atoms with Crippen LogP contribution in [0.3, 0.4) is 0 Å². The Morgan fingerprint density at radius 3 is 2.33 bits per heavy atom. The summed E-state index contributed by atoms with van der Waals surface area (Å²) in [5.41, 5.74) is 4.14. The molecule has 0 amide bonds. The summed E-state index contributed by atoms with van der Waals surface area (Å²) in [6.45, 7) is 2.17. The van der Waals surface area contributed by atoms with Crippen LogP contribution in [0.25, 0.3) is 5.57 Å². The lowest BCUT2D eigenvalue weighted by Crippen LogP contribution is -1.81. The first-order valence-corrected chi connectivity index (χ1v) is 4.30. The highest BCUT2D eigenvalue weighted by atomic mass is 14.1. The Labute approximate surface area is 73.2 Å². The Morgan fingerprint density at radius 2 is 1.75 bits per heavy atom. The van der Waals surface area contributed by atoms with E-state index in [0.717, 1.165) is 6.42 Å². The van der Waals surface area contributed by atoms with Crippen LogP contribution in [-0.2, 0) is 0 Å². The van der Waals surface area contributed by atoms with Gasteiger partial charge in [-0.15, -0.1) is 0 Å². The topological polar surface area (TPSA) is 0 Å². The molecule has 0 N–H and O–H groups in total. The van der Waals surface area contributed by atoms with E-state index in [2.05, 4.69) is 49.4 Å². The molecule has 0 atom stereocenters. The van der Waals surface area contributed by atoms with Crippen LogP contribution in [0.2, 0.25) is 0 Å². The molecule has 1 aromatic carbocycles. The summed E-state index contributed by atoms with van der Waals surface area (Å²) in [6.07, 6.45) is 5.64. The lowest BCUT2D eigenvalue weighted by Gasteiger charge is -2.02. The van der Waals surface area contributed by atoms with Crippen molar-refractivity contribution in [1.82, 2.24) is 0 Å². The van der Waals surface area contributed by atoms with Crippen molar-refractivity contribution in [2.24, 2.45) is 0 Å². The van der Waals surface area contributed by atoms with Gasteiger partial charge in [-0.05, 0) is 30.1 Å². The van der Waals surface area contributed by atoms with Crippen LogP contribution in [-0.4, -0.2) is 0 Å². The number of benzene rings is 1. The van der Waals surface area contributed by atoms with Gasteiger partial charge < -0.3 is 0 Å². The summed E-state index contributed by atoms with van der Waals surface area (Å²) >= 11 is 0. The maximum absolute atomic E-state index is 2.28. The van der Waals surface area contributed by atoms with Gasteiger partial charge in [0.25, 0.3) is 0 Å². The Bertz CT molecular complexity index is 328. The summed E-state index contributed by atoms with van der Waals surface area (Å²) in [5, 5.41) is 0. The minimum absolute atomic E-state index is 1.09. The molecule has 0 radical (unpaired) electrons. The number of allylic oxidation sites excluding steroid dienone is 4. The molecule has 0 aromatic heterocycles. The van der Waals surface area contributed by atoms with Crippen molar-refractivity contribution in [3.05, 3.63) is 53.6 Å². The molecule has 12 heavy (non-hydrogen) atoms. The molecule has 1 aromatic rings. The van der Waals surface area contributed by atoms with Crippen molar-refractivity contribution in [1.29, 1.82) is 0 Å². The molecule has 0 heterocycles. The third kappa shape index (κ3) is 1.20. The molecule has 0 bridgehead atoms. The van der Waals surface area contributed by atoms with Gasteiger partial charge in [-0.25, -0.2) is 0 Å². The van der Waals surface area contributed by atoms with Crippen LogP contribution in [0.5, 0.6) is 0 Å². The highest BCUT2D eigenvalue weighted by Crippen LogP contribution is 2.27. The fourth-order valence-corrected chi connectivity index (χ4v) is 1.59. The summed E-state index contributed by atoms with van der Waals surface area (Å²) in [7, 11) is 0. The van der Waals surface area contributed by atoms with E-state index >= 15 is 0 Å². The van der Waals surface area contributed by atoms with E-state index in [1.165, 1.54) is 16.7 Å². The average molecular weight is 156 g/mol. The quantitative estimate of drug-likeness (QED) is 0.584. The highest BCUT2D eigenvalue weighted by molar-refractivity contribution is 5.80. The van der Waals surface area contributed by atoms with Crippen LogP contribution in [0, 0.1) is 0 Å². The first-order valence-electron chi connectivity index (χ1n) is 4.30. The van der Waals surface area contributed by atoms with Crippen LogP contribution in [0.15, 0.2) is 48.1 Å². The lowest BCUT2D eigenvalue weighted by atomic mass is 10.0. The van der Waals surface area contributed by atoms with Gasteiger partial charge in [0.1, 0.15) is 0 Å². The van der Waals surface area contributed by atoms with Gasteiger partial charge in [0.2, 0.25) is 0 Å². The van der Waals surface area contributed by atoms with E-state index in [-0.39, 0.29) is 0 Å². The maximum Gasteiger partial charge on any atom is -0.0154 e. The summed E-state index contributed by atoms with van der Waals surface area (Å²) in [4.78, 5) is 0. The third-order valence-corrected chi connectivity index (χ3v) is 2.26. The van der Waals surface area contributed by atoms with Gasteiger partial charge in [0, 0.05) is 0 Å². The third-order valence-electron chi connectivity index (χ3n) is 2.26. The number of rotatable bonds is 1. The highest BCUT2D eigenvalue weighted by Gasteiger charge is 2.06. The van der Waals surface area contributed by atoms with Crippen LogP contribution in [0.4, 0.5) is 0 Å². The summed E-state index contributed by atoms with van der Waals surface area (Å²) in [6, 6.07) is 10.5. The normalized spacial score (nSPS) is 15.8. The fourth-order valence-electron chi connectivity index (χ4n) is 1.59. The Morgan fingerprint density at radius 1 is 1.00 bits per heavy atom. The predicted molar refractivity (Wildman–Crippen MR) is 52.8 cm³/mol. The summed E-state index contributed by atoms with van der Waals surface area (Å²) < 4.78 is 0. The molecule has 0 spiro atoms. The van der Waals surface area contributed by atoms with Gasteiger partial charge >= 0.3 is 0 Å². The molecular formula is C12H12. The second-order valence-electron chi connectivity index (χ2n) is 3.11. The Balaban J connectivity index is 2.39. The van der Waals surface area contributed by atoms with Gasteiger partial charge in [-0.1, -0.05) is 42.5 Å². The molecule has 60 valence electrons. The zero-order valence-electron chi connectivity index (χ0n) is 7.25. The molecule has 0 fully saturated rings. The van der Waals surface area contributed by atoms with Crippen molar-refractivity contribution in [3.8, 4) is 0 Å². The van der Waals surface area contributed by atoms with E-state index in [1.807, 2.05) is 0 Å². The van der Waals surface area contributed by atoms with E-state index in [9.17, 15) is 0 Å². The molecule has 0 saturated carbocycles. The molecular weight excluding hydrogens is 144 g/mol. The largest absolute Gasteiger partial charge is 0.0772 e. The SMILES string of the molecule is CC1=CCC=C1c1ccccc1. The van der Waals surface area contributed by atoms with E-state index < -0.39 is 0 Å². The molecule has 0 nitrogen and oxygen atoms in total. The molecule has 0 saturated heterocycles. The van der Waals surface area contributed by atoms with Gasteiger partial charge in [-0.3, -0.25) is 0 Å². The van der Waals surface area contributed by atoms with E-state index in [0.29, 0.717) is 0 Å². The fraction of sp³-hybridized carbons (Fsp3) is 0.167. The number of hydrogen-bond acceptors (Lipinski definition) is 0. The molecule has 0 heteroatoms.